The number of hydrogen-bond acceptors (Lipinski definition) is 3. The summed E-state index contributed by atoms with van der Waals surface area (Å²) in [6, 6.07) is 12.9. The van der Waals surface area contributed by atoms with E-state index in [1.165, 1.54) is 16.0 Å². The molecule has 0 bridgehead atoms. The van der Waals surface area contributed by atoms with E-state index in [0.717, 1.165) is 32.4 Å². The van der Waals surface area contributed by atoms with Gasteiger partial charge in [-0.25, -0.2) is 0 Å². The summed E-state index contributed by atoms with van der Waals surface area (Å²) in [6.07, 6.45) is 2.97. The molecule has 0 radical (unpaired) electrons. The second-order valence-electron chi connectivity index (χ2n) is 6.53. The third-order valence-corrected chi connectivity index (χ3v) is 5.83. The van der Waals surface area contributed by atoms with Gasteiger partial charge >= 0.3 is 0 Å². The molecule has 1 unspecified atom stereocenters. The molecule has 1 aromatic heterocycles. The topological polar surface area (TPSA) is 23.6 Å². The lowest BCUT2D eigenvalue weighted by atomic mass is 9.97. The van der Waals surface area contributed by atoms with Crippen molar-refractivity contribution in [2.24, 2.45) is 0 Å². The summed E-state index contributed by atoms with van der Waals surface area (Å²) >= 11 is 1.83. The molecule has 1 atom stereocenters. The van der Waals surface area contributed by atoms with Gasteiger partial charge in [0.2, 0.25) is 5.91 Å². The Labute approximate surface area is 148 Å². The summed E-state index contributed by atoms with van der Waals surface area (Å²) in [4.78, 5) is 18.5. The van der Waals surface area contributed by atoms with E-state index in [2.05, 4.69) is 52.4 Å². The van der Waals surface area contributed by atoms with Crippen LogP contribution in [0.15, 0.2) is 41.8 Å². The Kier molecular flexibility index (Phi) is 5.69. The van der Waals surface area contributed by atoms with Crippen LogP contribution in [0.4, 0.5) is 0 Å². The zero-order valence-corrected chi connectivity index (χ0v) is 15.4. The van der Waals surface area contributed by atoms with Crippen LogP contribution < -0.4 is 0 Å². The van der Waals surface area contributed by atoms with Gasteiger partial charge in [-0.15, -0.1) is 11.3 Å². The van der Waals surface area contributed by atoms with E-state index in [4.69, 9.17) is 0 Å². The molecule has 0 saturated heterocycles. The van der Waals surface area contributed by atoms with Crippen molar-refractivity contribution in [3.05, 3.63) is 57.8 Å². The Morgan fingerprint density at radius 2 is 2.08 bits per heavy atom. The maximum Gasteiger partial charge on any atom is 0.237 e. The van der Waals surface area contributed by atoms with Crippen LogP contribution in [0.3, 0.4) is 0 Å². The Balaban J connectivity index is 1.56. The lowest BCUT2D eigenvalue weighted by Crippen LogP contribution is -2.44. The van der Waals surface area contributed by atoms with Crippen molar-refractivity contribution in [3.63, 3.8) is 0 Å². The van der Waals surface area contributed by atoms with Crippen molar-refractivity contribution in [2.45, 2.75) is 32.2 Å². The minimum Gasteiger partial charge on any atom is -0.334 e. The van der Waals surface area contributed by atoms with Gasteiger partial charge in [0, 0.05) is 18.0 Å². The van der Waals surface area contributed by atoms with E-state index in [1.54, 1.807) is 0 Å². The second kappa shape index (κ2) is 7.95. The number of amides is 1. The van der Waals surface area contributed by atoms with E-state index < -0.39 is 0 Å². The Bertz CT molecular complexity index is 667. The van der Waals surface area contributed by atoms with Gasteiger partial charge < -0.3 is 4.90 Å². The first-order valence-corrected chi connectivity index (χ1v) is 9.65. The quantitative estimate of drug-likeness (QED) is 0.798. The molecule has 2 heterocycles. The third kappa shape index (κ3) is 3.87. The molecule has 0 fully saturated rings. The number of likely N-dealkylation sites (N-methyl/N-ethyl adjacent to an activating group) is 1. The van der Waals surface area contributed by atoms with Crippen LogP contribution in [-0.4, -0.2) is 42.4 Å². The highest BCUT2D eigenvalue weighted by atomic mass is 32.1. The summed E-state index contributed by atoms with van der Waals surface area (Å²) < 4.78 is 0. The molecule has 2 aromatic rings. The van der Waals surface area contributed by atoms with Gasteiger partial charge in [0.1, 0.15) is 0 Å². The predicted octanol–water partition coefficient (Wildman–Crippen LogP) is 3.76. The van der Waals surface area contributed by atoms with Crippen LogP contribution in [-0.2, 0) is 17.6 Å². The SMILES string of the molecule is CCC1c2ccsc2CCN1C(=O)CN(C)CCc1ccccc1. The number of nitrogens with zero attached hydrogens (tertiary/aromatic N) is 2. The van der Waals surface area contributed by atoms with Gasteiger partial charge in [-0.05, 0) is 48.9 Å². The van der Waals surface area contributed by atoms with Crippen molar-refractivity contribution in [3.8, 4) is 0 Å². The number of carbonyl (C=O) groups is 1. The summed E-state index contributed by atoms with van der Waals surface area (Å²) in [5, 5.41) is 2.16. The minimum absolute atomic E-state index is 0.259. The van der Waals surface area contributed by atoms with E-state index in [-0.39, 0.29) is 11.9 Å². The first kappa shape index (κ1) is 17.2. The van der Waals surface area contributed by atoms with Crippen LogP contribution >= 0.6 is 11.3 Å². The van der Waals surface area contributed by atoms with Gasteiger partial charge in [0.05, 0.1) is 12.6 Å². The molecular weight excluding hydrogens is 316 g/mol. The highest BCUT2D eigenvalue weighted by molar-refractivity contribution is 7.10. The molecule has 3 rings (SSSR count). The molecule has 0 N–H and O–H groups in total. The van der Waals surface area contributed by atoms with Gasteiger partial charge in [0.15, 0.2) is 0 Å². The second-order valence-corrected chi connectivity index (χ2v) is 7.53. The van der Waals surface area contributed by atoms with E-state index in [9.17, 15) is 4.79 Å². The summed E-state index contributed by atoms with van der Waals surface area (Å²) in [5.74, 6) is 0.259. The van der Waals surface area contributed by atoms with Crippen molar-refractivity contribution in [1.29, 1.82) is 0 Å². The Morgan fingerprint density at radius 1 is 1.29 bits per heavy atom. The fourth-order valence-electron chi connectivity index (χ4n) is 3.50. The van der Waals surface area contributed by atoms with Gasteiger partial charge in [-0.2, -0.15) is 0 Å². The number of carbonyl (C=O) groups excluding carboxylic acids is 1. The van der Waals surface area contributed by atoms with Crippen LogP contribution in [0.2, 0.25) is 0 Å². The maximum absolute atomic E-state index is 12.8. The van der Waals surface area contributed by atoms with Gasteiger partial charge in [0.25, 0.3) is 0 Å². The van der Waals surface area contributed by atoms with E-state index in [1.807, 2.05) is 24.5 Å². The minimum atomic E-state index is 0.259. The van der Waals surface area contributed by atoms with E-state index >= 15 is 0 Å². The Morgan fingerprint density at radius 3 is 2.83 bits per heavy atom. The van der Waals surface area contributed by atoms with Crippen molar-refractivity contribution in [1.82, 2.24) is 9.80 Å². The number of thiophene rings is 1. The van der Waals surface area contributed by atoms with E-state index in [0.29, 0.717) is 6.54 Å². The molecule has 1 aliphatic rings. The highest BCUT2D eigenvalue weighted by Crippen LogP contribution is 2.35. The van der Waals surface area contributed by atoms with Crippen molar-refractivity contribution in [2.75, 3.05) is 26.7 Å². The van der Waals surface area contributed by atoms with Crippen LogP contribution in [0.5, 0.6) is 0 Å². The number of hydrogen-bond donors (Lipinski definition) is 0. The lowest BCUT2D eigenvalue weighted by molar-refractivity contribution is -0.135. The Hall–Kier alpha value is -1.65. The smallest absolute Gasteiger partial charge is 0.237 e. The van der Waals surface area contributed by atoms with Gasteiger partial charge in [-0.1, -0.05) is 37.3 Å². The van der Waals surface area contributed by atoms with Crippen LogP contribution in [0, 0.1) is 0 Å². The zero-order chi connectivity index (χ0) is 16.9. The molecule has 0 aliphatic carbocycles. The predicted molar refractivity (Wildman–Crippen MR) is 100 cm³/mol. The molecule has 1 aromatic carbocycles. The monoisotopic (exact) mass is 342 g/mol. The molecule has 1 aliphatic heterocycles. The molecule has 1 amide bonds. The number of rotatable bonds is 6. The maximum atomic E-state index is 12.8. The average molecular weight is 343 g/mol. The summed E-state index contributed by atoms with van der Waals surface area (Å²) in [7, 11) is 2.04. The molecule has 128 valence electrons. The summed E-state index contributed by atoms with van der Waals surface area (Å²) in [6.45, 7) is 4.45. The lowest BCUT2D eigenvalue weighted by Gasteiger charge is -2.36. The fourth-order valence-corrected chi connectivity index (χ4v) is 4.43. The van der Waals surface area contributed by atoms with Crippen molar-refractivity contribution < 1.29 is 4.79 Å². The largest absolute Gasteiger partial charge is 0.334 e. The van der Waals surface area contributed by atoms with Crippen LogP contribution in [0.1, 0.15) is 35.4 Å². The average Bonchev–Trinajstić information content (AvgIpc) is 3.08. The van der Waals surface area contributed by atoms with Crippen molar-refractivity contribution >= 4 is 17.2 Å². The molecular formula is C20H26N2OS. The number of fused-ring (bicyclic) bond motifs is 1. The number of benzene rings is 1. The first-order valence-electron chi connectivity index (χ1n) is 8.77. The zero-order valence-electron chi connectivity index (χ0n) is 14.6. The highest BCUT2D eigenvalue weighted by Gasteiger charge is 2.30. The fraction of sp³-hybridized carbons (Fsp3) is 0.450. The molecule has 4 heteroatoms. The summed E-state index contributed by atoms with van der Waals surface area (Å²) in [5.41, 5.74) is 2.69. The molecule has 3 nitrogen and oxygen atoms in total. The molecule has 0 spiro atoms. The normalized spacial score (nSPS) is 17.1. The van der Waals surface area contributed by atoms with Crippen LogP contribution in [0.25, 0.3) is 0 Å². The first-order chi connectivity index (χ1) is 11.7. The van der Waals surface area contributed by atoms with Gasteiger partial charge in [-0.3, -0.25) is 9.69 Å². The standard InChI is InChI=1S/C20H26N2OS/c1-3-18-17-11-14-24-19(17)10-13-22(18)20(23)15-21(2)12-9-16-7-5-4-6-8-16/h4-8,11,14,18H,3,9-10,12-13,15H2,1-2H3. The third-order valence-electron chi connectivity index (χ3n) is 4.83. The molecule has 24 heavy (non-hydrogen) atoms. The molecule has 0 saturated carbocycles.